The minimum atomic E-state index is -0.162. The molecule has 1 heterocycles. The van der Waals surface area contributed by atoms with Crippen LogP contribution in [0.3, 0.4) is 0 Å². The molecule has 0 aromatic carbocycles. The van der Waals surface area contributed by atoms with Crippen molar-refractivity contribution in [3.05, 3.63) is 5.32 Å². The first-order valence-corrected chi connectivity index (χ1v) is 3.23. The normalized spacial score (nSPS) is 19.6. The Kier molecular flexibility index (Phi) is 5.88. The first-order chi connectivity index (χ1) is 4.30. The van der Waals surface area contributed by atoms with E-state index in [1.807, 2.05) is 0 Å². The van der Waals surface area contributed by atoms with Gasteiger partial charge >= 0.3 is 0 Å². The summed E-state index contributed by atoms with van der Waals surface area (Å²) in [5.74, 6) is 0.0995. The molecule has 0 atom stereocenters. The van der Waals surface area contributed by atoms with Crippen LogP contribution in [0.25, 0.3) is 5.32 Å². The van der Waals surface area contributed by atoms with Gasteiger partial charge in [-0.05, 0) is 0 Å². The van der Waals surface area contributed by atoms with E-state index in [-0.39, 0.29) is 44.3 Å². The fourth-order valence-corrected chi connectivity index (χ4v) is 1.03. The van der Waals surface area contributed by atoms with E-state index < -0.39 is 0 Å². The van der Waals surface area contributed by atoms with Gasteiger partial charge in [-0.25, -0.2) is 0 Å². The summed E-state index contributed by atoms with van der Waals surface area (Å²) in [5.41, 5.74) is -0.162. The molecule has 2 nitrogen and oxygen atoms in total. The summed E-state index contributed by atoms with van der Waals surface area (Å²) in [7, 11) is 5.09. The minimum absolute atomic E-state index is 0. The van der Waals surface area contributed by atoms with Gasteiger partial charge in [0.05, 0.1) is 5.68 Å². The van der Waals surface area contributed by atoms with Gasteiger partial charge < -0.3 is 10.1 Å². The largest absolute Gasteiger partial charge is 0.662 e. The standard InChI is InChI=1S/C6H9BNO.Y/c7-6(9)5-1-3-8-4-2-5;/h5H,1-4H2;/q-1;. The van der Waals surface area contributed by atoms with Crippen molar-refractivity contribution in [3.63, 3.8) is 0 Å². The van der Waals surface area contributed by atoms with Gasteiger partial charge in [0.1, 0.15) is 0 Å². The Bertz CT molecular complexity index is 114. The second kappa shape index (κ2) is 5.45. The van der Waals surface area contributed by atoms with Crippen molar-refractivity contribution in [2.45, 2.75) is 12.8 Å². The van der Waals surface area contributed by atoms with Crippen LogP contribution in [0.1, 0.15) is 12.8 Å². The minimum Gasteiger partial charge on any atom is -0.662 e. The molecule has 0 aliphatic carbocycles. The van der Waals surface area contributed by atoms with E-state index >= 15 is 0 Å². The molecule has 3 radical (unpaired) electrons. The van der Waals surface area contributed by atoms with Gasteiger partial charge in [0.15, 0.2) is 7.85 Å². The molecular formula is C6H9BNOY-. The average Bonchev–Trinajstić information content (AvgIpc) is 1.90. The molecule has 0 aromatic rings. The maximum atomic E-state index is 10.5. The van der Waals surface area contributed by atoms with Crippen molar-refractivity contribution in [1.82, 2.24) is 0 Å². The molecule has 0 bridgehead atoms. The van der Waals surface area contributed by atoms with Gasteiger partial charge in [0.2, 0.25) is 0 Å². The van der Waals surface area contributed by atoms with Crippen LogP contribution in [0, 0.1) is 5.92 Å². The van der Waals surface area contributed by atoms with E-state index in [0.29, 0.717) is 0 Å². The van der Waals surface area contributed by atoms with Gasteiger partial charge in [-0.1, -0.05) is 12.8 Å². The molecule has 0 spiro atoms. The topological polar surface area (TPSA) is 31.2 Å². The molecule has 1 aliphatic rings. The van der Waals surface area contributed by atoms with Crippen molar-refractivity contribution >= 4 is 13.5 Å². The first-order valence-electron chi connectivity index (χ1n) is 3.23. The Balaban J connectivity index is 0.000000810. The second-order valence-electron chi connectivity index (χ2n) is 2.35. The van der Waals surface area contributed by atoms with Crippen LogP contribution >= 0.6 is 0 Å². The Labute approximate surface area is 87.8 Å². The molecule has 1 aliphatic heterocycles. The summed E-state index contributed by atoms with van der Waals surface area (Å²) < 4.78 is 0. The van der Waals surface area contributed by atoms with Crippen LogP contribution in [-0.2, 0) is 37.5 Å². The van der Waals surface area contributed by atoms with E-state index in [2.05, 4.69) is 5.32 Å². The summed E-state index contributed by atoms with van der Waals surface area (Å²) >= 11 is 0. The van der Waals surface area contributed by atoms with Crippen molar-refractivity contribution in [1.29, 1.82) is 0 Å². The number of piperidine rings is 1. The zero-order chi connectivity index (χ0) is 6.69. The molecule has 10 heavy (non-hydrogen) atoms. The van der Waals surface area contributed by atoms with Gasteiger partial charge in [-0.15, -0.1) is 13.1 Å². The third kappa shape index (κ3) is 3.27. The van der Waals surface area contributed by atoms with E-state index in [1.165, 1.54) is 0 Å². The zero-order valence-corrected chi connectivity index (χ0v) is 8.75. The number of hydrogen-bond donors (Lipinski definition) is 0. The van der Waals surface area contributed by atoms with Crippen LogP contribution in [0.2, 0.25) is 0 Å². The van der Waals surface area contributed by atoms with Gasteiger partial charge in [-0.3, -0.25) is 0 Å². The van der Waals surface area contributed by atoms with Crippen LogP contribution < -0.4 is 0 Å². The molecule has 0 unspecified atom stereocenters. The molecule has 4 heteroatoms. The average molecular weight is 211 g/mol. The number of carbonyl (C=O) groups excluding carboxylic acids is 1. The predicted molar refractivity (Wildman–Crippen MR) is 36.6 cm³/mol. The number of carbonyl (C=O) groups is 1. The molecule has 0 amide bonds. The van der Waals surface area contributed by atoms with Gasteiger partial charge in [-0.2, -0.15) is 0 Å². The summed E-state index contributed by atoms with van der Waals surface area (Å²) in [6, 6.07) is 0. The quantitative estimate of drug-likeness (QED) is 0.579. The summed E-state index contributed by atoms with van der Waals surface area (Å²) in [4.78, 5) is 10.5. The monoisotopic (exact) mass is 211 g/mol. The summed E-state index contributed by atoms with van der Waals surface area (Å²) in [5, 5.41) is 4.10. The van der Waals surface area contributed by atoms with E-state index in [1.54, 1.807) is 0 Å². The van der Waals surface area contributed by atoms with Crippen LogP contribution in [-0.4, -0.2) is 26.6 Å². The Morgan fingerprint density at radius 2 is 1.90 bits per heavy atom. The maximum absolute atomic E-state index is 10.5. The summed E-state index contributed by atoms with van der Waals surface area (Å²) in [6.45, 7) is 1.63. The molecule has 0 aromatic heterocycles. The van der Waals surface area contributed by atoms with Gasteiger partial charge in [0.25, 0.3) is 0 Å². The number of nitrogens with zero attached hydrogens (tertiary/aromatic N) is 1. The van der Waals surface area contributed by atoms with Crippen molar-refractivity contribution in [3.8, 4) is 0 Å². The van der Waals surface area contributed by atoms with Crippen LogP contribution in [0.15, 0.2) is 0 Å². The molecule has 1 saturated heterocycles. The summed E-state index contributed by atoms with van der Waals surface area (Å²) in [6.07, 6.45) is 1.71. The van der Waals surface area contributed by atoms with Crippen molar-refractivity contribution < 1.29 is 37.5 Å². The van der Waals surface area contributed by atoms with Gasteiger partial charge in [0, 0.05) is 38.6 Å². The molecule has 51 valence electrons. The van der Waals surface area contributed by atoms with Crippen LogP contribution in [0.5, 0.6) is 0 Å². The van der Waals surface area contributed by atoms with E-state index in [4.69, 9.17) is 7.85 Å². The van der Waals surface area contributed by atoms with Crippen LogP contribution in [0.4, 0.5) is 0 Å². The molecule has 0 saturated carbocycles. The fraction of sp³-hybridized carbons (Fsp3) is 0.833. The third-order valence-corrected chi connectivity index (χ3v) is 1.67. The number of rotatable bonds is 1. The Hall–Kier alpha value is 0.799. The smallest absolute Gasteiger partial charge is 0.168 e. The predicted octanol–water partition coefficient (Wildman–Crippen LogP) is 0.463. The first kappa shape index (κ1) is 10.8. The van der Waals surface area contributed by atoms with Crippen molar-refractivity contribution in [2.24, 2.45) is 5.92 Å². The zero-order valence-electron chi connectivity index (χ0n) is 5.92. The molecule has 1 rings (SSSR count). The SMILES string of the molecule is [B]C(=O)C1CC[N-]CC1.[Y]. The van der Waals surface area contributed by atoms with Crippen molar-refractivity contribution in [2.75, 3.05) is 13.1 Å². The molecule has 0 N–H and O–H groups in total. The molecular weight excluding hydrogens is 202 g/mol. The van der Waals surface area contributed by atoms with E-state index in [9.17, 15) is 4.79 Å². The fourth-order valence-electron chi connectivity index (χ4n) is 1.03. The second-order valence-corrected chi connectivity index (χ2v) is 2.35. The third-order valence-electron chi connectivity index (χ3n) is 1.67. The Morgan fingerprint density at radius 3 is 2.20 bits per heavy atom. The Morgan fingerprint density at radius 1 is 1.40 bits per heavy atom. The van der Waals surface area contributed by atoms with E-state index in [0.717, 1.165) is 25.9 Å². The maximum Gasteiger partial charge on any atom is 0.168 e. The number of hydrogen-bond acceptors (Lipinski definition) is 1. The molecule has 1 fully saturated rings.